The van der Waals surface area contributed by atoms with Gasteiger partial charge < -0.3 is 20.1 Å². The zero-order chi connectivity index (χ0) is 20.4. The van der Waals surface area contributed by atoms with Crippen LogP contribution in [0.15, 0.2) is 24.3 Å². The summed E-state index contributed by atoms with van der Waals surface area (Å²) >= 11 is 0. The monoisotopic (exact) mass is 399 g/mol. The van der Waals surface area contributed by atoms with Gasteiger partial charge in [0.15, 0.2) is 0 Å². The summed E-state index contributed by atoms with van der Waals surface area (Å²) in [5.41, 5.74) is 2.57. The molecule has 3 amide bonds. The highest BCUT2D eigenvalue weighted by Crippen LogP contribution is 2.26. The highest BCUT2D eigenvalue weighted by molar-refractivity contribution is 5.89. The van der Waals surface area contributed by atoms with E-state index in [0.29, 0.717) is 31.7 Å². The molecule has 2 aromatic rings. The van der Waals surface area contributed by atoms with Gasteiger partial charge in [-0.25, -0.2) is 14.2 Å². The molecule has 0 saturated heterocycles. The van der Waals surface area contributed by atoms with Crippen LogP contribution in [0, 0.1) is 11.7 Å². The van der Waals surface area contributed by atoms with Crippen molar-refractivity contribution < 1.29 is 14.0 Å². The lowest BCUT2D eigenvalue weighted by Crippen LogP contribution is -2.39. The number of aromatic nitrogens is 2. The Morgan fingerprint density at radius 3 is 2.66 bits per heavy atom. The van der Waals surface area contributed by atoms with Gasteiger partial charge in [0.2, 0.25) is 5.91 Å². The number of carbonyl (C=O) groups excluding carboxylic acids is 2. The number of nitrogens with one attached hydrogen (secondary N) is 2. The summed E-state index contributed by atoms with van der Waals surface area (Å²) < 4.78 is 15.1. The number of fused-ring (bicyclic) bond motifs is 1. The number of hydrogen-bond donors (Lipinski definition) is 2. The average molecular weight is 399 g/mol. The lowest BCUT2D eigenvalue weighted by atomic mass is 9.85. The number of nitrogens with zero attached hydrogens (tertiary/aromatic N) is 3. The molecular formula is C21H26FN5O2. The second-order valence-corrected chi connectivity index (χ2v) is 7.62. The molecule has 7 nitrogen and oxygen atoms in total. The average Bonchev–Trinajstić information content (AvgIpc) is 3.03. The first-order valence-electron chi connectivity index (χ1n) is 10.2. The number of carbonyl (C=O) groups is 2. The second-order valence-electron chi connectivity index (χ2n) is 7.62. The fraction of sp³-hybridized carbons (Fsp3) is 0.476. The number of urea groups is 1. The number of anilines is 1. The quantitative estimate of drug-likeness (QED) is 0.811. The first-order chi connectivity index (χ1) is 14.0. The first kappa shape index (κ1) is 19.4. The molecule has 2 N–H and O–H groups in total. The van der Waals surface area contributed by atoms with Crippen molar-refractivity contribution in [3.8, 4) is 0 Å². The molecule has 29 heavy (non-hydrogen) atoms. The molecule has 4 rings (SSSR count). The molecule has 1 aliphatic carbocycles. The summed E-state index contributed by atoms with van der Waals surface area (Å²) in [5.74, 6) is 0.765. The Kier molecular flexibility index (Phi) is 5.51. The molecule has 1 fully saturated rings. The summed E-state index contributed by atoms with van der Waals surface area (Å²) in [6.07, 6.45) is 3.75. The standard InChI is InChI=1S/C21H26FN5O2/c1-2-27-18-13-26(21(29)24-16-8-6-15(22)7-9-16)11-10-17(18)25-19(27)12-23-20(28)14-4-3-5-14/h6-9,14H,2-5,10-13H2,1H3,(H,23,28)(H,24,29). The van der Waals surface area contributed by atoms with Gasteiger partial charge in [-0.3, -0.25) is 4.79 Å². The minimum absolute atomic E-state index is 0.111. The molecule has 154 valence electrons. The molecule has 8 heteroatoms. The number of imidazole rings is 1. The smallest absolute Gasteiger partial charge is 0.322 e. The van der Waals surface area contributed by atoms with Crippen LogP contribution in [-0.2, 0) is 30.8 Å². The Bertz CT molecular complexity index is 905. The van der Waals surface area contributed by atoms with Crippen molar-refractivity contribution in [2.24, 2.45) is 5.92 Å². The SMILES string of the molecule is CCn1c(CNC(=O)C2CCC2)nc2c1CN(C(=O)Nc1ccc(F)cc1)CC2. The summed E-state index contributed by atoms with van der Waals surface area (Å²) in [4.78, 5) is 31.2. The normalized spacial score (nSPS) is 16.1. The topological polar surface area (TPSA) is 79.3 Å². The van der Waals surface area contributed by atoms with Gasteiger partial charge in [-0.1, -0.05) is 6.42 Å². The Hall–Kier alpha value is -2.90. The van der Waals surface area contributed by atoms with Crippen LogP contribution in [0.3, 0.4) is 0 Å². The minimum atomic E-state index is -0.339. The van der Waals surface area contributed by atoms with Crippen molar-refractivity contribution in [3.05, 3.63) is 47.3 Å². The Morgan fingerprint density at radius 1 is 1.24 bits per heavy atom. The molecule has 2 aliphatic rings. The Labute approximate surface area is 169 Å². The third-order valence-electron chi connectivity index (χ3n) is 5.79. The van der Waals surface area contributed by atoms with Gasteiger partial charge >= 0.3 is 6.03 Å². The van der Waals surface area contributed by atoms with Crippen molar-refractivity contribution in [1.29, 1.82) is 0 Å². The lowest BCUT2D eigenvalue weighted by Gasteiger charge is -2.28. The molecule has 2 heterocycles. The van der Waals surface area contributed by atoms with Gasteiger partial charge in [0, 0.05) is 31.1 Å². The highest BCUT2D eigenvalue weighted by atomic mass is 19.1. The Morgan fingerprint density at radius 2 is 2.00 bits per heavy atom. The second kappa shape index (κ2) is 8.23. The first-order valence-corrected chi connectivity index (χ1v) is 10.2. The largest absolute Gasteiger partial charge is 0.349 e. The number of hydrogen-bond acceptors (Lipinski definition) is 3. The van der Waals surface area contributed by atoms with Gasteiger partial charge in [0.25, 0.3) is 0 Å². The number of halogens is 1. The van der Waals surface area contributed by atoms with Gasteiger partial charge in [-0.15, -0.1) is 0 Å². The zero-order valence-corrected chi connectivity index (χ0v) is 16.6. The van der Waals surface area contributed by atoms with E-state index in [1.54, 1.807) is 17.0 Å². The van der Waals surface area contributed by atoms with Crippen LogP contribution < -0.4 is 10.6 Å². The van der Waals surface area contributed by atoms with Crippen molar-refractivity contribution in [2.75, 3.05) is 11.9 Å². The molecule has 0 unspecified atom stereocenters. The molecule has 1 saturated carbocycles. The molecule has 1 aliphatic heterocycles. The summed E-state index contributed by atoms with van der Waals surface area (Å²) in [6, 6.07) is 5.51. The fourth-order valence-electron chi connectivity index (χ4n) is 3.87. The third kappa shape index (κ3) is 4.11. The van der Waals surface area contributed by atoms with Crippen LogP contribution >= 0.6 is 0 Å². The molecule has 0 radical (unpaired) electrons. The van der Waals surface area contributed by atoms with Crippen LogP contribution in [-0.4, -0.2) is 32.9 Å². The number of rotatable bonds is 5. The van der Waals surface area contributed by atoms with Crippen molar-refractivity contribution >= 4 is 17.6 Å². The van der Waals surface area contributed by atoms with E-state index in [4.69, 9.17) is 4.98 Å². The van der Waals surface area contributed by atoms with Crippen LogP contribution in [0.1, 0.15) is 43.4 Å². The van der Waals surface area contributed by atoms with E-state index in [-0.39, 0.29) is 23.7 Å². The molecular weight excluding hydrogens is 373 g/mol. The molecule has 0 bridgehead atoms. The van der Waals surface area contributed by atoms with Crippen molar-refractivity contribution in [3.63, 3.8) is 0 Å². The predicted octanol–water partition coefficient (Wildman–Crippen LogP) is 3.05. The number of benzene rings is 1. The van der Waals surface area contributed by atoms with Crippen LogP contribution in [0.25, 0.3) is 0 Å². The van der Waals surface area contributed by atoms with Crippen LogP contribution in [0.5, 0.6) is 0 Å². The van der Waals surface area contributed by atoms with E-state index in [1.165, 1.54) is 12.1 Å². The van der Waals surface area contributed by atoms with Gasteiger partial charge in [0.1, 0.15) is 11.6 Å². The Balaban J connectivity index is 1.42. The number of amides is 3. The van der Waals surface area contributed by atoms with E-state index in [0.717, 1.165) is 43.0 Å². The fourth-order valence-corrected chi connectivity index (χ4v) is 3.87. The van der Waals surface area contributed by atoms with E-state index in [2.05, 4.69) is 15.2 Å². The van der Waals surface area contributed by atoms with E-state index in [9.17, 15) is 14.0 Å². The van der Waals surface area contributed by atoms with Crippen LogP contribution in [0.4, 0.5) is 14.9 Å². The van der Waals surface area contributed by atoms with Gasteiger partial charge in [0.05, 0.1) is 24.5 Å². The zero-order valence-electron chi connectivity index (χ0n) is 16.6. The highest BCUT2D eigenvalue weighted by Gasteiger charge is 2.28. The molecule has 1 aromatic heterocycles. The maximum atomic E-state index is 13.1. The summed E-state index contributed by atoms with van der Waals surface area (Å²) in [5, 5.41) is 5.82. The lowest BCUT2D eigenvalue weighted by molar-refractivity contribution is -0.127. The van der Waals surface area contributed by atoms with Crippen LogP contribution in [0.2, 0.25) is 0 Å². The summed E-state index contributed by atoms with van der Waals surface area (Å²) in [6.45, 7) is 4.20. The summed E-state index contributed by atoms with van der Waals surface area (Å²) in [7, 11) is 0. The van der Waals surface area contributed by atoms with Crippen molar-refractivity contribution in [1.82, 2.24) is 19.8 Å². The van der Waals surface area contributed by atoms with E-state index in [1.807, 2.05) is 6.92 Å². The van der Waals surface area contributed by atoms with Gasteiger partial charge in [-0.2, -0.15) is 0 Å². The molecule has 0 spiro atoms. The van der Waals surface area contributed by atoms with E-state index >= 15 is 0 Å². The minimum Gasteiger partial charge on any atom is -0.349 e. The maximum Gasteiger partial charge on any atom is 0.322 e. The van der Waals surface area contributed by atoms with Gasteiger partial charge in [-0.05, 0) is 44.0 Å². The van der Waals surface area contributed by atoms with Crippen molar-refractivity contribution in [2.45, 2.75) is 52.2 Å². The predicted molar refractivity (Wildman–Crippen MR) is 107 cm³/mol. The molecule has 0 atom stereocenters. The maximum absolute atomic E-state index is 13.1. The van der Waals surface area contributed by atoms with E-state index < -0.39 is 0 Å². The molecule has 1 aromatic carbocycles. The third-order valence-corrected chi connectivity index (χ3v) is 5.79.